The lowest BCUT2D eigenvalue weighted by Gasteiger charge is -2.25. The van der Waals surface area contributed by atoms with Gasteiger partial charge in [0.25, 0.3) is 0 Å². The Kier molecular flexibility index (Phi) is 4.24. The summed E-state index contributed by atoms with van der Waals surface area (Å²) >= 11 is 7.74. The standard InChI is InChI=1S/C14H21ClN2S/c15-14-6-5-13(18-14)10-17(8-11-3-4-11)9-12-2-1-7-16-12/h5-6,11-12,16H,1-4,7-10H2. The van der Waals surface area contributed by atoms with Crippen molar-refractivity contribution in [2.75, 3.05) is 19.6 Å². The highest BCUT2D eigenvalue weighted by molar-refractivity contribution is 7.16. The van der Waals surface area contributed by atoms with Crippen molar-refractivity contribution >= 4 is 22.9 Å². The van der Waals surface area contributed by atoms with Crippen LogP contribution >= 0.6 is 22.9 Å². The first-order chi connectivity index (χ1) is 8.79. The lowest BCUT2D eigenvalue weighted by molar-refractivity contribution is 0.233. The summed E-state index contributed by atoms with van der Waals surface area (Å²) < 4.78 is 0.912. The van der Waals surface area contributed by atoms with Crippen molar-refractivity contribution in [2.45, 2.75) is 38.3 Å². The van der Waals surface area contributed by atoms with Crippen LogP contribution in [0, 0.1) is 5.92 Å². The van der Waals surface area contributed by atoms with Crippen molar-refractivity contribution in [3.05, 3.63) is 21.3 Å². The number of rotatable bonds is 6. The third-order valence-electron chi connectivity index (χ3n) is 3.86. The van der Waals surface area contributed by atoms with Gasteiger partial charge in [-0.25, -0.2) is 0 Å². The van der Waals surface area contributed by atoms with Crippen LogP contribution in [0.1, 0.15) is 30.6 Å². The first-order valence-electron chi connectivity index (χ1n) is 6.99. The fourth-order valence-corrected chi connectivity index (χ4v) is 3.88. The second-order valence-corrected chi connectivity index (χ2v) is 7.44. The third kappa shape index (κ3) is 3.70. The molecule has 1 aliphatic heterocycles. The van der Waals surface area contributed by atoms with Crippen molar-refractivity contribution in [1.82, 2.24) is 10.2 Å². The van der Waals surface area contributed by atoms with E-state index in [0.29, 0.717) is 6.04 Å². The lowest BCUT2D eigenvalue weighted by atomic mass is 10.2. The highest BCUT2D eigenvalue weighted by atomic mass is 35.5. The molecule has 100 valence electrons. The quantitative estimate of drug-likeness (QED) is 0.862. The molecule has 0 bridgehead atoms. The maximum atomic E-state index is 6.02. The molecule has 4 heteroatoms. The minimum atomic E-state index is 0.708. The topological polar surface area (TPSA) is 15.3 Å². The van der Waals surface area contributed by atoms with Gasteiger partial charge < -0.3 is 5.32 Å². The molecule has 1 atom stereocenters. The van der Waals surface area contributed by atoms with Crippen molar-refractivity contribution in [2.24, 2.45) is 5.92 Å². The molecule has 18 heavy (non-hydrogen) atoms. The Morgan fingerprint density at radius 1 is 1.28 bits per heavy atom. The molecule has 0 aromatic carbocycles. The van der Waals surface area contributed by atoms with E-state index in [1.807, 2.05) is 6.07 Å². The summed E-state index contributed by atoms with van der Waals surface area (Å²) in [5.41, 5.74) is 0. The molecular formula is C14H21ClN2S. The Morgan fingerprint density at radius 2 is 2.17 bits per heavy atom. The number of thiophene rings is 1. The zero-order chi connectivity index (χ0) is 12.4. The molecule has 3 rings (SSSR count). The second kappa shape index (κ2) is 5.91. The van der Waals surface area contributed by atoms with Gasteiger partial charge in [-0.05, 0) is 50.3 Å². The average Bonchev–Trinajstić information content (AvgIpc) is 2.84. The van der Waals surface area contributed by atoms with Crippen LogP contribution in [-0.2, 0) is 6.54 Å². The summed E-state index contributed by atoms with van der Waals surface area (Å²) in [5.74, 6) is 0.960. The molecule has 1 unspecified atom stereocenters. The Hall–Kier alpha value is -0.0900. The van der Waals surface area contributed by atoms with Crippen LogP contribution < -0.4 is 5.32 Å². The second-order valence-electron chi connectivity index (χ2n) is 5.64. The number of nitrogens with one attached hydrogen (secondary N) is 1. The molecule has 0 amide bonds. The van der Waals surface area contributed by atoms with Crippen LogP contribution in [0.15, 0.2) is 12.1 Å². The Bertz CT molecular complexity index is 383. The van der Waals surface area contributed by atoms with E-state index in [0.717, 1.165) is 16.8 Å². The highest BCUT2D eigenvalue weighted by Crippen LogP contribution is 2.31. The van der Waals surface area contributed by atoms with Crippen molar-refractivity contribution in [3.8, 4) is 0 Å². The summed E-state index contributed by atoms with van der Waals surface area (Å²) in [6.07, 6.45) is 5.54. The van der Waals surface area contributed by atoms with E-state index in [1.165, 1.54) is 50.2 Å². The molecule has 1 aromatic rings. The first-order valence-corrected chi connectivity index (χ1v) is 8.19. The van der Waals surface area contributed by atoms with Crippen molar-refractivity contribution < 1.29 is 0 Å². The van der Waals surface area contributed by atoms with Gasteiger partial charge in [0.2, 0.25) is 0 Å². The number of hydrogen-bond acceptors (Lipinski definition) is 3. The van der Waals surface area contributed by atoms with Gasteiger partial charge in [-0.3, -0.25) is 4.90 Å². The molecule has 2 fully saturated rings. The van der Waals surface area contributed by atoms with Crippen LogP contribution in [0.5, 0.6) is 0 Å². The van der Waals surface area contributed by atoms with Gasteiger partial charge in [0.15, 0.2) is 0 Å². The van der Waals surface area contributed by atoms with Crippen LogP contribution in [0.3, 0.4) is 0 Å². The predicted octanol–water partition coefficient (Wildman–Crippen LogP) is 3.37. The molecule has 0 spiro atoms. The van der Waals surface area contributed by atoms with Gasteiger partial charge in [-0.15, -0.1) is 11.3 Å². The fraction of sp³-hybridized carbons (Fsp3) is 0.714. The van der Waals surface area contributed by atoms with Gasteiger partial charge >= 0.3 is 0 Å². The van der Waals surface area contributed by atoms with Gasteiger partial charge in [0.05, 0.1) is 4.34 Å². The van der Waals surface area contributed by atoms with Gasteiger partial charge in [-0.1, -0.05) is 11.6 Å². The SMILES string of the molecule is Clc1ccc(CN(CC2CC2)CC2CCCN2)s1. The highest BCUT2D eigenvalue weighted by Gasteiger charge is 2.26. The summed E-state index contributed by atoms with van der Waals surface area (Å²) in [7, 11) is 0. The summed E-state index contributed by atoms with van der Waals surface area (Å²) in [6.45, 7) is 4.75. The lowest BCUT2D eigenvalue weighted by Crippen LogP contribution is -2.38. The van der Waals surface area contributed by atoms with Crippen LogP contribution in [0.4, 0.5) is 0 Å². The Balaban J connectivity index is 1.57. The predicted molar refractivity (Wildman–Crippen MR) is 78.4 cm³/mol. The van der Waals surface area contributed by atoms with Crippen LogP contribution in [0.25, 0.3) is 0 Å². The van der Waals surface area contributed by atoms with Gasteiger partial charge in [0, 0.05) is 30.6 Å². The molecule has 2 aliphatic rings. The Labute approximate surface area is 118 Å². The van der Waals surface area contributed by atoms with Crippen LogP contribution in [-0.4, -0.2) is 30.6 Å². The molecule has 2 heterocycles. The molecule has 1 saturated carbocycles. The minimum Gasteiger partial charge on any atom is -0.313 e. The average molecular weight is 285 g/mol. The minimum absolute atomic E-state index is 0.708. The summed E-state index contributed by atoms with van der Waals surface area (Å²) in [6, 6.07) is 4.90. The maximum absolute atomic E-state index is 6.02. The van der Waals surface area contributed by atoms with E-state index in [9.17, 15) is 0 Å². The molecule has 1 saturated heterocycles. The molecule has 1 N–H and O–H groups in total. The largest absolute Gasteiger partial charge is 0.313 e. The van der Waals surface area contributed by atoms with E-state index in [1.54, 1.807) is 11.3 Å². The molecule has 0 radical (unpaired) electrons. The molecule has 2 nitrogen and oxygen atoms in total. The van der Waals surface area contributed by atoms with E-state index < -0.39 is 0 Å². The maximum Gasteiger partial charge on any atom is 0.0931 e. The van der Waals surface area contributed by atoms with E-state index in [2.05, 4.69) is 16.3 Å². The van der Waals surface area contributed by atoms with Crippen LogP contribution in [0.2, 0.25) is 4.34 Å². The van der Waals surface area contributed by atoms with Gasteiger partial charge in [-0.2, -0.15) is 0 Å². The number of hydrogen-bond donors (Lipinski definition) is 1. The zero-order valence-corrected chi connectivity index (χ0v) is 12.3. The fourth-order valence-electron chi connectivity index (χ4n) is 2.75. The number of nitrogens with zero attached hydrogens (tertiary/aromatic N) is 1. The summed E-state index contributed by atoms with van der Waals surface area (Å²) in [5, 5.41) is 3.61. The smallest absolute Gasteiger partial charge is 0.0931 e. The third-order valence-corrected chi connectivity index (χ3v) is 5.08. The normalized spacial score (nSPS) is 24.0. The summed E-state index contributed by atoms with van der Waals surface area (Å²) in [4.78, 5) is 4.03. The number of halogens is 1. The van der Waals surface area contributed by atoms with E-state index in [4.69, 9.17) is 11.6 Å². The monoisotopic (exact) mass is 284 g/mol. The zero-order valence-electron chi connectivity index (χ0n) is 10.7. The van der Waals surface area contributed by atoms with Crippen molar-refractivity contribution in [1.29, 1.82) is 0 Å². The first kappa shape index (κ1) is 12.9. The van der Waals surface area contributed by atoms with Gasteiger partial charge in [0.1, 0.15) is 0 Å². The van der Waals surface area contributed by atoms with E-state index >= 15 is 0 Å². The molecule has 1 aliphatic carbocycles. The molecule has 1 aromatic heterocycles. The van der Waals surface area contributed by atoms with Crippen molar-refractivity contribution in [3.63, 3.8) is 0 Å². The van der Waals surface area contributed by atoms with E-state index in [-0.39, 0.29) is 0 Å². The Morgan fingerprint density at radius 3 is 2.78 bits per heavy atom. The molecular weight excluding hydrogens is 264 g/mol.